The van der Waals surface area contributed by atoms with Gasteiger partial charge in [0.2, 0.25) is 0 Å². The van der Waals surface area contributed by atoms with Gasteiger partial charge in [-0.05, 0) is 47.7 Å². The van der Waals surface area contributed by atoms with Crippen LogP contribution in [0.25, 0.3) is 5.69 Å². The number of nitrogens with one attached hydrogen (secondary N) is 2. The lowest BCUT2D eigenvalue weighted by atomic mass is 9.74. The number of rotatable bonds is 4. The highest BCUT2D eigenvalue weighted by molar-refractivity contribution is 7.10. The number of ether oxygens (including phenoxy) is 1. The Balaban J connectivity index is 1.52. The molecule has 0 saturated carbocycles. The third-order valence-electron chi connectivity index (χ3n) is 6.70. The Morgan fingerprint density at radius 1 is 0.971 bits per heavy atom. The van der Waals surface area contributed by atoms with E-state index in [0.29, 0.717) is 23.4 Å². The molecule has 1 aliphatic heterocycles. The van der Waals surface area contributed by atoms with E-state index in [1.54, 1.807) is 23.1 Å². The molecular formula is C27H23N3O3S. The number of aromatic nitrogens is 2. The molecule has 1 aliphatic carbocycles. The van der Waals surface area contributed by atoms with Crippen LogP contribution in [0.15, 0.2) is 88.2 Å². The number of benzene rings is 2. The van der Waals surface area contributed by atoms with E-state index >= 15 is 0 Å². The molecule has 0 spiro atoms. The fourth-order valence-electron chi connectivity index (χ4n) is 5.11. The van der Waals surface area contributed by atoms with Crippen LogP contribution in [0.4, 0.5) is 5.82 Å². The van der Waals surface area contributed by atoms with Gasteiger partial charge in [0.15, 0.2) is 5.78 Å². The van der Waals surface area contributed by atoms with E-state index in [1.807, 2.05) is 66.0 Å². The summed E-state index contributed by atoms with van der Waals surface area (Å²) in [6.07, 6.45) is 1.17. The summed E-state index contributed by atoms with van der Waals surface area (Å²) in [4.78, 5) is 28.5. The normalized spacial score (nSPS) is 19.4. The molecule has 34 heavy (non-hydrogen) atoms. The molecule has 3 heterocycles. The molecule has 2 aromatic heterocycles. The second-order valence-electron chi connectivity index (χ2n) is 8.64. The van der Waals surface area contributed by atoms with E-state index < -0.39 is 5.92 Å². The van der Waals surface area contributed by atoms with Crippen LogP contribution in [0.5, 0.6) is 5.75 Å². The van der Waals surface area contributed by atoms with E-state index in [2.05, 4.69) is 16.5 Å². The number of anilines is 1. The van der Waals surface area contributed by atoms with Crippen LogP contribution in [-0.4, -0.2) is 22.7 Å². The summed E-state index contributed by atoms with van der Waals surface area (Å²) in [5.41, 5.74) is 3.64. The van der Waals surface area contributed by atoms with Gasteiger partial charge in [0.1, 0.15) is 11.6 Å². The molecular weight excluding hydrogens is 446 g/mol. The summed E-state index contributed by atoms with van der Waals surface area (Å²) in [5.74, 6) is 1.16. The van der Waals surface area contributed by atoms with Gasteiger partial charge >= 0.3 is 0 Å². The number of para-hydroxylation sites is 1. The molecule has 2 aromatic carbocycles. The number of thiophene rings is 1. The average Bonchev–Trinajstić information content (AvgIpc) is 3.52. The van der Waals surface area contributed by atoms with Crippen molar-refractivity contribution in [3.63, 3.8) is 0 Å². The average molecular weight is 470 g/mol. The topological polar surface area (TPSA) is 76.1 Å². The van der Waals surface area contributed by atoms with E-state index in [9.17, 15) is 9.59 Å². The highest BCUT2D eigenvalue weighted by atomic mass is 32.1. The summed E-state index contributed by atoms with van der Waals surface area (Å²) >= 11 is 1.68. The minimum absolute atomic E-state index is 0.0884. The Labute approximate surface area is 200 Å². The van der Waals surface area contributed by atoms with Crippen molar-refractivity contribution in [1.82, 2.24) is 9.78 Å². The Morgan fingerprint density at radius 2 is 1.76 bits per heavy atom. The predicted molar refractivity (Wildman–Crippen MR) is 133 cm³/mol. The van der Waals surface area contributed by atoms with Gasteiger partial charge in [0, 0.05) is 34.4 Å². The highest BCUT2D eigenvalue weighted by Gasteiger charge is 2.41. The molecule has 2 aliphatic rings. The zero-order chi connectivity index (χ0) is 23.2. The monoisotopic (exact) mass is 469 g/mol. The molecule has 0 amide bonds. The largest absolute Gasteiger partial charge is 0.497 e. The molecule has 0 fully saturated rings. The quantitative estimate of drug-likeness (QED) is 0.431. The number of allylic oxidation sites excluding steroid dienone is 2. The van der Waals surface area contributed by atoms with Gasteiger partial charge in [-0.2, -0.15) is 0 Å². The van der Waals surface area contributed by atoms with Gasteiger partial charge in [-0.15, -0.1) is 11.3 Å². The maximum Gasteiger partial charge on any atom is 0.277 e. The Hall–Kier alpha value is -3.84. The van der Waals surface area contributed by atoms with Crippen molar-refractivity contribution in [2.75, 3.05) is 12.4 Å². The van der Waals surface area contributed by atoms with E-state index in [0.717, 1.165) is 29.1 Å². The van der Waals surface area contributed by atoms with Crippen molar-refractivity contribution in [2.24, 2.45) is 0 Å². The number of methoxy groups -OCH3 is 1. The number of Topliss-reactive ketones (excluding diaryl/α,β-unsaturated/α-hetero) is 1. The number of H-pyrrole nitrogens is 1. The molecule has 6 rings (SSSR count). The molecule has 0 bridgehead atoms. The summed E-state index contributed by atoms with van der Waals surface area (Å²) in [5, 5.41) is 8.75. The van der Waals surface area contributed by atoms with Gasteiger partial charge in [0.05, 0.1) is 18.4 Å². The number of hydrogen-bond donors (Lipinski definition) is 2. The molecule has 170 valence electrons. The maximum atomic E-state index is 13.7. The van der Waals surface area contributed by atoms with Crippen molar-refractivity contribution < 1.29 is 9.53 Å². The van der Waals surface area contributed by atoms with Crippen LogP contribution in [0.3, 0.4) is 0 Å². The van der Waals surface area contributed by atoms with Crippen molar-refractivity contribution in [1.29, 1.82) is 0 Å². The first-order chi connectivity index (χ1) is 16.6. The summed E-state index contributed by atoms with van der Waals surface area (Å²) in [6.45, 7) is 0. The number of fused-ring (bicyclic) bond motifs is 1. The van der Waals surface area contributed by atoms with Crippen LogP contribution in [-0.2, 0) is 4.79 Å². The second kappa shape index (κ2) is 8.18. The van der Waals surface area contributed by atoms with E-state index in [4.69, 9.17) is 4.74 Å². The van der Waals surface area contributed by atoms with Crippen LogP contribution in [0.1, 0.15) is 40.7 Å². The lowest BCUT2D eigenvalue weighted by Crippen LogP contribution is -2.31. The van der Waals surface area contributed by atoms with Crippen molar-refractivity contribution in [3.05, 3.63) is 110 Å². The molecule has 0 radical (unpaired) electrons. The smallest absolute Gasteiger partial charge is 0.277 e. The van der Waals surface area contributed by atoms with Crippen LogP contribution >= 0.6 is 11.3 Å². The van der Waals surface area contributed by atoms with E-state index in [1.165, 1.54) is 4.88 Å². The standard InChI is InChI=1S/C27H23N3O3S/c1-33-19-11-9-16(10-12-19)23-24-20(14-17(15-21(24)31)22-8-5-13-34-22)28-26-25(23)27(32)30(29-26)18-6-3-2-4-7-18/h2-13,17,23,28-29H,14-15H2,1H3/t17-,23-/m1/s1. The van der Waals surface area contributed by atoms with Gasteiger partial charge < -0.3 is 10.1 Å². The highest BCUT2D eigenvalue weighted by Crippen LogP contribution is 2.47. The van der Waals surface area contributed by atoms with Gasteiger partial charge in [-0.1, -0.05) is 36.4 Å². The van der Waals surface area contributed by atoms with Crippen LogP contribution in [0.2, 0.25) is 0 Å². The van der Waals surface area contributed by atoms with Crippen LogP contribution in [0, 0.1) is 0 Å². The van der Waals surface area contributed by atoms with Gasteiger partial charge in [-0.3, -0.25) is 14.7 Å². The molecule has 0 unspecified atom stereocenters. The zero-order valence-corrected chi connectivity index (χ0v) is 19.4. The third kappa shape index (κ3) is 3.31. The zero-order valence-electron chi connectivity index (χ0n) is 18.6. The summed E-state index contributed by atoms with van der Waals surface area (Å²) in [7, 11) is 1.62. The Bertz CT molecular complexity index is 1450. The number of nitrogens with zero attached hydrogens (tertiary/aromatic N) is 1. The number of ketones is 1. The number of hydrogen-bond acceptors (Lipinski definition) is 5. The van der Waals surface area contributed by atoms with Crippen molar-refractivity contribution >= 4 is 22.9 Å². The fourth-order valence-corrected chi connectivity index (χ4v) is 5.94. The third-order valence-corrected chi connectivity index (χ3v) is 7.73. The Kier molecular flexibility index (Phi) is 4.99. The number of carbonyl (C=O) groups is 1. The second-order valence-corrected chi connectivity index (χ2v) is 9.62. The predicted octanol–water partition coefficient (Wildman–Crippen LogP) is 5.19. The molecule has 2 N–H and O–H groups in total. The SMILES string of the molecule is COc1ccc([C@@H]2C3=C(C[C@@H](c4cccs4)CC3=O)Nc3[nH]n(-c4ccccc4)c(=O)c32)cc1. The summed E-state index contributed by atoms with van der Waals surface area (Å²) < 4.78 is 6.88. The summed E-state index contributed by atoms with van der Waals surface area (Å²) in [6, 6.07) is 21.2. The lowest BCUT2D eigenvalue weighted by Gasteiger charge is -2.34. The molecule has 0 saturated heterocycles. The minimum atomic E-state index is -0.442. The number of aromatic amines is 1. The first-order valence-electron chi connectivity index (χ1n) is 11.2. The first-order valence-corrected chi connectivity index (χ1v) is 12.1. The Morgan fingerprint density at radius 3 is 2.47 bits per heavy atom. The van der Waals surface area contributed by atoms with Crippen molar-refractivity contribution in [2.45, 2.75) is 24.7 Å². The first kappa shape index (κ1) is 20.7. The fraction of sp³-hybridized carbons (Fsp3) is 0.185. The molecule has 6 nitrogen and oxygen atoms in total. The van der Waals surface area contributed by atoms with Gasteiger partial charge in [0.25, 0.3) is 5.56 Å². The molecule has 7 heteroatoms. The molecule has 2 atom stereocenters. The minimum Gasteiger partial charge on any atom is -0.497 e. The maximum absolute atomic E-state index is 13.7. The lowest BCUT2D eigenvalue weighted by molar-refractivity contribution is -0.116. The van der Waals surface area contributed by atoms with E-state index in [-0.39, 0.29) is 17.3 Å². The number of carbonyl (C=O) groups excluding carboxylic acids is 1. The van der Waals surface area contributed by atoms with Gasteiger partial charge in [-0.25, -0.2) is 4.68 Å². The van der Waals surface area contributed by atoms with Crippen LogP contribution < -0.4 is 15.6 Å². The van der Waals surface area contributed by atoms with Crippen molar-refractivity contribution in [3.8, 4) is 11.4 Å². The molecule has 4 aromatic rings.